The van der Waals surface area contributed by atoms with Crippen LogP contribution in [0.2, 0.25) is 0 Å². The van der Waals surface area contributed by atoms with E-state index in [0.29, 0.717) is 25.3 Å². The predicted octanol–water partition coefficient (Wildman–Crippen LogP) is 3.10. The lowest BCUT2D eigenvalue weighted by Gasteiger charge is -2.10. The monoisotopic (exact) mass is 352 g/mol. The summed E-state index contributed by atoms with van der Waals surface area (Å²) in [7, 11) is 1.88. The summed E-state index contributed by atoms with van der Waals surface area (Å²) in [4.78, 5) is 17.5. The molecule has 0 unspecified atom stereocenters. The van der Waals surface area contributed by atoms with Crippen LogP contribution in [0.25, 0.3) is 22.2 Å². The lowest BCUT2D eigenvalue weighted by Crippen LogP contribution is -2.25. The van der Waals surface area contributed by atoms with Crippen molar-refractivity contribution in [1.82, 2.24) is 20.1 Å². The zero-order valence-electron chi connectivity index (χ0n) is 15.5. The molecule has 6 heteroatoms. The van der Waals surface area contributed by atoms with Crippen molar-refractivity contribution in [3.8, 4) is 11.3 Å². The van der Waals surface area contributed by atoms with Gasteiger partial charge in [0.1, 0.15) is 0 Å². The summed E-state index contributed by atoms with van der Waals surface area (Å²) in [5, 5.41) is 8.21. The van der Waals surface area contributed by atoms with Crippen LogP contribution in [-0.4, -0.2) is 40.4 Å². The van der Waals surface area contributed by atoms with Crippen molar-refractivity contribution in [2.75, 3.05) is 19.8 Å². The largest absolute Gasteiger partial charge is 0.382 e. The van der Waals surface area contributed by atoms with Gasteiger partial charge >= 0.3 is 0 Å². The zero-order chi connectivity index (χ0) is 18.5. The number of carbonyl (C=O) groups excluding carboxylic acids is 1. The van der Waals surface area contributed by atoms with Crippen LogP contribution < -0.4 is 5.32 Å². The molecule has 0 radical (unpaired) electrons. The second kappa shape index (κ2) is 8.10. The van der Waals surface area contributed by atoms with Gasteiger partial charge in [0.2, 0.25) is 0 Å². The smallest absolute Gasteiger partial charge is 0.252 e. The summed E-state index contributed by atoms with van der Waals surface area (Å²) >= 11 is 0. The first kappa shape index (κ1) is 18.1. The Balaban J connectivity index is 1.93. The number of aryl methyl sites for hydroxylation is 2. The number of rotatable bonds is 7. The Labute approximate surface area is 153 Å². The number of ether oxygens (including phenoxy) is 1. The highest BCUT2D eigenvalue weighted by Crippen LogP contribution is 2.26. The lowest BCUT2D eigenvalue weighted by molar-refractivity contribution is 0.0946. The molecule has 1 aromatic carbocycles. The average Bonchev–Trinajstić information content (AvgIpc) is 2.98. The van der Waals surface area contributed by atoms with Gasteiger partial charge < -0.3 is 10.1 Å². The number of aromatic nitrogens is 3. The lowest BCUT2D eigenvalue weighted by atomic mass is 10.0. The summed E-state index contributed by atoms with van der Waals surface area (Å²) < 4.78 is 7.07. The fourth-order valence-corrected chi connectivity index (χ4v) is 2.97. The highest BCUT2D eigenvalue weighted by molar-refractivity contribution is 6.07. The maximum Gasteiger partial charge on any atom is 0.252 e. The van der Waals surface area contributed by atoms with Crippen LogP contribution in [0.15, 0.2) is 36.5 Å². The molecule has 1 N–H and O–H groups in total. The number of nitrogens with zero attached hydrogens (tertiary/aromatic N) is 3. The summed E-state index contributed by atoms with van der Waals surface area (Å²) in [6.07, 6.45) is 2.72. The molecular formula is C20H24N4O2. The average molecular weight is 352 g/mol. The van der Waals surface area contributed by atoms with E-state index in [2.05, 4.69) is 10.4 Å². The van der Waals surface area contributed by atoms with E-state index in [1.807, 2.05) is 57.4 Å². The van der Waals surface area contributed by atoms with Crippen molar-refractivity contribution in [2.24, 2.45) is 7.05 Å². The molecule has 0 spiro atoms. The molecule has 6 nitrogen and oxygen atoms in total. The standard InChI is InChI=1S/C20H24N4O2/c1-4-26-11-7-10-21-20(25)16-12-19(17-13-24(3)23-14(17)2)22-18-9-6-5-8-15(16)18/h5-6,8-9,12-13H,4,7,10-11H2,1-3H3,(H,21,25). The molecule has 26 heavy (non-hydrogen) atoms. The van der Waals surface area contributed by atoms with Gasteiger partial charge in [0.25, 0.3) is 5.91 Å². The number of hydrogen-bond acceptors (Lipinski definition) is 4. The summed E-state index contributed by atoms with van der Waals surface area (Å²) in [6.45, 7) is 5.82. The minimum atomic E-state index is -0.0945. The topological polar surface area (TPSA) is 69.0 Å². The Kier molecular flexibility index (Phi) is 5.63. The Bertz CT molecular complexity index is 917. The van der Waals surface area contributed by atoms with Crippen molar-refractivity contribution >= 4 is 16.8 Å². The van der Waals surface area contributed by atoms with Gasteiger partial charge in [-0.15, -0.1) is 0 Å². The third-order valence-electron chi connectivity index (χ3n) is 4.21. The SMILES string of the molecule is CCOCCCNC(=O)c1cc(-c2cn(C)nc2C)nc2ccccc12. The number of amides is 1. The van der Waals surface area contributed by atoms with Crippen molar-refractivity contribution in [3.05, 3.63) is 47.8 Å². The van der Waals surface area contributed by atoms with Gasteiger partial charge in [0.05, 0.1) is 22.5 Å². The quantitative estimate of drug-likeness (QED) is 0.664. The first-order valence-corrected chi connectivity index (χ1v) is 8.86. The van der Waals surface area contributed by atoms with Crippen molar-refractivity contribution < 1.29 is 9.53 Å². The normalized spacial score (nSPS) is 11.0. The molecule has 0 saturated carbocycles. The van der Waals surface area contributed by atoms with Gasteiger partial charge in [-0.1, -0.05) is 18.2 Å². The first-order chi connectivity index (χ1) is 12.6. The van der Waals surface area contributed by atoms with E-state index in [9.17, 15) is 4.79 Å². The molecule has 2 heterocycles. The number of fused-ring (bicyclic) bond motifs is 1. The van der Waals surface area contributed by atoms with Gasteiger partial charge in [0, 0.05) is 44.0 Å². The molecule has 0 saturated heterocycles. The number of pyridine rings is 1. The maximum atomic E-state index is 12.8. The van der Waals surface area contributed by atoms with Crippen LogP contribution in [0.3, 0.4) is 0 Å². The Morgan fingerprint density at radius 1 is 1.31 bits per heavy atom. The molecule has 0 aliphatic carbocycles. The van der Waals surface area contributed by atoms with Crippen LogP contribution >= 0.6 is 0 Å². The minimum absolute atomic E-state index is 0.0945. The number of hydrogen-bond donors (Lipinski definition) is 1. The summed E-state index contributed by atoms with van der Waals surface area (Å²) in [5.74, 6) is -0.0945. The molecule has 0 atom stereocenters. The van der Waals surface area contributed by atoms with E-state index < -0.39 is 0 Å². The molecule has 0 fully saturated rings. The van der Waals surface area contributed by atoms with Crippen molar-refractivity contribution in [3.63, 3.8) is 0 Å². The van der Waals surface area contributed by atoms with Gasteiger partial charge in [-0.3, -0.25) is 9.48 Å². The van der Waals surface area contributed by atoms with E-state index in [-0.39, 0.29) is 5.91 Å². The van der Waals surface area contributed by atoms with E-state index >= 15 is 0 Å². The fraction of sp³-hybridized carbons (Fsp3) is 0.350. The highest BCUT2D eigenvalue weighted by Gasteiger charge is 2.15. The minimum Gasteiger partial charge on any atom is -0.382 e. The summed E-state index contributed by atoms with van der Waals surface area (Å²) in [6, 6.07) is 9.56. The van der Waals surface area contributed by atoms with Crippen LogP contribution in [0, 0.1) is 6.92 Å². The predicted molar refractivity (Wildman–Crippen MR) is 102 cm³/mol. The van der Waals surface area contributed by atoms with E-state index in [4.69, 9.17) is 9.72 Å². The van der Waals surface area contributed by atoms with Crippen molar-refractivity contribution in [1.29, 1.82) is 0 Å². The second-order valence-electron chi connectivity index (χ2n) is 6.18. The van der Waals surface area contributed by atoms with Crippen LogP contribution in [0.5, 0.6) is 0 Å². The van der Waals surface area contributed by atoms with Gasteiger partial charge in [-0.25, -0.2) is 4.98 Å². The molecule has 2 aromatic heterocycles. The number of para-hydroxylation sites is 1. The van der Waals surface area contributed by atoms with Crippen LogP contribution in [0.1, 0.15) is 29.4 Å². The van der Waals surface area contributed by atoms with Gasteiger partial charge in [-0.05, 0) is 32.4 Å². The van der Waals surface area contributed by atoms with Crippen LogP contribution in [0.4, 0.5) is 0 Å². The second-order valence-corrected chi connectivity index (χ2v) is 6.18. The fourth-order valence-electron chi connectivity index (χ4n) is 2.97. The molecule has 1 amide bonds. The number of benzene rings is 1. The first-order valence-electron chi connectivity index (χ1n) is 8.86. The number of nitrogens with one attached hydrogen (secondary N) is 1. The molecule has 3 rings (SSSR count). The molecule has 0 aliphatic heterocycles. The molecule has 0 bridgehead atoms. The third kappa shape index (κ3) is 3.91. The van der Waals surface area contributed by atoms with Gasteiger partial charge in [0.15, 0.2) is 0 Å². The molecule has 136 valence electrons. The molecule has 3 aromatic rings. The van der Waals surface area contributed by atoms with Crippen LogP contribution in [-0.2, 0) is 11.8 Å². The van der Waals surface area contributed by atoms with E-state index in [1.165, 1.54) is 0 Å². The third-order valence-corrected chi connectivity index (χ3v) is 4.21. The Hall–Kier alpha value is -2.73. The van der Waals surface area contributed by atoms with Crippen molar-refractivity contribution in [2.45, 2.75) is 20.3 Å². The molecular weight excluding hydrogens is 328 g/mol. The number of carbonyl (C=O) groups is 1. The van der Waals surface area contributed by atoms with E-state index in [0.717, 1.165) is 34.3 Å². The Morgan fingerprint density at radius 3 is 2.85 bits per heavy atom. The Morgan fingerprint density at radius 2 is 2.12 bits per heavy atom. The zero-order valence-corrected chi connectivity index (χ0v) is 15.5. The highest BCUT2D eigenvalue weighted by atomic mass is 16.5. The maximum absolute atomic E-state index is 12.8. The summed E-state index contributed by atoms with van der Waals surface area (Å²) in [5.41, 5.74) is 4.01. The van der Waals surface area contributed by atoms with E-state index in [1.54, 1.807) is 4.68 Å². The molecule has 0 aliphatic rings. The van der Waals surface area contributed by atoms with Gasteiger partial charge in [-0.2, -0.15) is 5.10 Å².